The number of hydrogen-bond donors (Lipinski definition) is 0. The third kappa shape index (κ3) is 2.28. The van der Waals surface area contributed by atoms with Crippen LogP contribution in [0.15, 0.2) is 18.2 Å². The lowest BCUT2D eigenvalue weighted by Gasteiger charge is -2.52. The molecule has 18 heavy (non-hydrogen) atoms. The lowest BCUT2D eigenvalue weighted by atomic mass is 9.62. The van der Waals surface area contributed by atoms with Crippen LogP contribution in [-0.4, -0.2) is 10.9 Å². The number of hydrogen-bond acceptors (Lipinski definition) is 1. The highest BCUT2D eigenvalue weighted by molar-refractivity contribution is 9.09. The second kappa shape index (κ2) is 5.60. The van der Waals surface area contributed by atoms with E-state index in [-0.39, 0.29) is 11.5 Å². The summed E-state index contributed by atoms with van der Waals surface area (Å²) in [5.41, 5.74) is 0.197. The lowest BCUT2D eigenvalue weighted by molar-refractivity contribution is -0.0409. The smallest absolute Gasteiger partial charge is 0.156 e. The van der Waals surface area contributed by atoms with Crippen molar-refractivity contribution in [3.63, 3.8) is 0 Å². The maximum Gasteiger partial charge on any atom is 0.156 e. The van der Waals surface area contributed by atoms with Gasteiger partial charge in [0.05, 0.1) is 10.0 Å². The maximum atomic E-state index is 6.15. The summed E-state index contributed by atoms with van der Waals surface area (Å²) < 4.78 is 6.09. The second-order valence-corrected chi connectivity index (χ2v) is 6.72. The van der Waals surface area contributed by atoms with Gasteiger partial charge in [0.25, 0.3) is 0 Å². The zero-order chi connectivity index (χ0) is 13.3. The van der Waals surface area contributed by atoms with Crippen molar-refractivity contribution < 1.29 is 4.74 Å². The summed E-state index contributed by atoms with van der Waals surface area (Å²) in [6, 6.07) is 5.46. The highest BCUT2D eigenvalue weighted by Gasteiger charge is 2.53. The fourth-order valence-electron chi connectivity index (χ4n) is 2.75. The molecule has 0 amide bonds. The van der Waals surface area contributed by atoms with Crippen molar-refractivity contribution in [2.75, 3.05) is 0 Å². The van der Waals surface area contributed by atoms with Crippen molar-refractivity contribution in [2.45, 2.75) is 44.0 Å². The molecule has 2 rings (SSSR count). The highest BCUT2D eigenvalue weighted by Crippen LogP contribution is 2.53. The molecule has 1 fully saturated rings. The van der Waals surface area contributed by atoms with Gasteiger partial charge in [-0.05, 0) is 31.4 Å². The van der Waals surface area contributed by atoms with Gasteiger partial charge in [0, 0.05) is 10.2 Å². The number of benzene rings is 1. The monoisotopic (exact) mass is 350 g/mol. The average molecular weight is 352 g/mol. The Labute approximate surface area is 127 Å². The molecule has 1 saturated carbocycles. The Morgan fingerprint density at radius 1 is 1.28 bits per heavy atom. The molecular weight excluding hydrogens is 335 g/mol. The Morgan fingerprint density at radius 3 is 2.28 bits per heavy atom. The highest BCUT2D eigenvalue weighted by atomic mass is 79.9. The molecule has 0 aliphatic heterocycles. The van der Waals surface area contributed by atoms with Gasteiger partial charge >= 0.3 is 0 Å². The standard InChI is InChI=1S/C14H17BrCl2O/c1-3-14(4-2)11(15)8-12(14)18-13-9(16)6-5-7-10(13)17/h5-7,11-12H,3-4,8H2,1-2H3. The number of rotatable bonds is 4. The Kier molecular flexibility index (Phi) is 4.51. The minimum Gasteiger partial charge on any atom is -0.487 e. The third-order valence-corrected chi connectivity index (χ3v) is 6.06. The number of halogens is 3. The van der Waals surface area contributed by atoms with E-state index < -0.39 is 0 Å². The molecule has 0 bridgehead atoms. The van der Waals surface area contributed by atoms with Gasteiger partial charge < -0.3 is 4.74 Å². The van der Waals surface area contributed by atoms with E-state index in [9.17, 15) is 0 Å². The predicted octanol–water partition coefficient (Wildman–Crippen LogP) is 5.71. The molecule has 0 saturated heterocycles. The minimum atomic E-state index is 0.189. The number of alkyl halides is 1. The Bertz CT molecular complexity index is 412. The molecule has 0 aromatic heterocycles. The van der Waals surface area contributed by atoms with Gasteiger partial charge in [0.1, 0.15) is 6.10 Å². The van der Waals surface area contributed by atoms with Crippen LogP contribution in [0, 0.1) is 5.41 Å². The van der Waals surface area contributed by atoms with Crippen molar-refractivity contribution in [2.24, 2.45) is 5.41 Å². The van der Waals surface area contributed by atoms with Crippen LogP contribution in [-0.2, 0) is 0 Å². The van der Waals surface area contributed by atoms with Crippen LogP contribution in [0.2, 0.25) is 10.0 Å². The van der Waals surface area contributed by atoms with Crippen molar-refractivity contribution in [3.05, 3.63) is 28.2 Å². The van der Waals surface area contributed by atoms with E-state index in [2.05, 4.69) is 29.8 Å². The predicted molar refractivity (Wildman–Crippen MR) is 81.2 cm³/mol. The van der Waals surface area contributed by atoms with Crippen LogP contribution in [0.5, 0.6) is 5.75 Å². The van der Waals surface area contributed by atoms with Gasteiger partial charge in [-0.2, -0.15) is 0 Å². The van der Waals surface area contributed by atoms with E-state index >= 15 is 0 Å². The fourth-order valence-corrected chi connectivity index (χ4v) is 4.52. The molecule has 4 heteroatoms. The quantitative estimate of drug-likeness (QED) is 0.631. The molecule has 100 valence electrons. The van der Waals surface area contributed by atoms with E-state index in [1.165, 1.54) is 0 Å². The molecule has 1 aliphatic carbocycles. The first kappa shape index (κ1) is 14.5. The van der Waals surface area contributed by atoms with Gasteiger partial charge in [-0.3, -0.25) is 0 Å². The molecule has 1 nitrogen and oxygen atoms in total. The first-order chi connectivity index (χ1) is 8.55. The summed E-state index contributed by atoms with van der Waals surface area (Å²) in [6.07, 6.45) is 3.37. The lowest BCUT2D eigenvalue weighted by Crippen LogP contribution is -2.56. The van der Waals surface area contributed by atoms with Crippen molar-refractivity contribution >= 4 is 39.1 Å². The molecule has 1 aromatic carbocycles. The molecule has 1 aliphatic rings. The topological polar surface area (TPSA) is 9.23 Å². The summed E-state index contributed by atoms with van der Waals surface area (Å²) in [6.45, 7) is 4.42. The van der Waals surface area contributed by atoms with Crippen LogP contribution in [0.1, 0.15) is 33.1 Å². The van der Waals surface area contributed by atoms with Gasteiger partial charge in [0.2, 0.25) is 0 Å². The molecule has 0 N–H and O–H groups in total. The average Bonchev–Trinajstić information content (AvgIpc) is 2.34. The van der Waals surface area contributed by atoms with Crippen LogP contribution in [0.4, 0.5) is 0 Å². The summed E-state index contributed by atoms with van der Waals surface area (Å²) in [4.78, 5) is 0.520. The SMILES string of the molecule is CCC1(CC)C(Br)CC1Oc1c(Cl)cccc1Cl. The van der Waals surface area contributed by atoms with Crippen LogP contribution in [0.25, 0.3) is 0 Å². The first-order valence-corrected chi connectivity index (χ1v) is 7.97. The summed E-state index contributed by atoms with van der Waals surface area (Å²) in [5, 5.41) is 1.17. The van der Waals surface area contributed by atoms with Gasteiger partial charge in [0.15, 0.2) is 5.75 Å². The van der Waals surface area contributed by atoms with E-state index in [0.29, 0.717) is 20.6 Å². The fraction of sp³-hybridized carbons (Fsp3) is 0.571. The summed E-state index contributed by atoms with van der Waals surface area (Å²) in [5.74, 6) is 0.622. The number of ether oxygens (including phenoxy) is 1. The van der Waals surface area contributed by atoms with Gasteiger partial charge in [-0.1, -0.05) is 59.0 Å². The Hall–Kier alpha value is 0.0800. The van der Waals surface area contributed by atoms with Crippen molar-refractivity contribution in [1.29, 1.82) is 0 Å². The molecule has 1 aromatic rings. The number of para-hydroxylation sites is 1. The largest absolute Gasteiger partial charge is 0.487 e. The normalized spacial score (nSPS) is 25.6. The summed E-state index contributed by atoms with van der Waals surface area (Å²) >= 11 is 16.0. The van der Waals surface area contributed by atoms with Crippen molar-refractivity contribution in [1.82, 2.24) is 0 Å². The van der Waals surface area contributed by atoms with Crippen molar-refractivity contribution in [3.8, 4) is 5.75 Å². The maximum absolute atomic E-state index is 6.15. The third-order valence-electron chi connectivity index (χ3n) is 4.18. The molecular formula is C14H17BrCl2O. The summed E-state index contributed by atoms with van der Waals surface area (Å²) in [7, 11) is 0. The molecule has 0 radical (unpaired) electrons. The first-order valence-electron chi connectivity index (χ1n) is 6.30. The molecule has 2 unspecified atom stereocenters. The van der Waals surface area contributed by atoms with E-state index in [4.69, 9.17) is 27.9 Å². The second-order valence-electron chi connectivity index (χ2n) is 4.80. The zero-order valence-electron chi connectivity index (χ0n) is 10.6. The molecule has 0 spiro atoms. The van der Waals surface area contributed by atoms with E-state index in [0.717, 1.165) is 19.3 Å². The van der Waals surface area contributed by atoms with Crippen LogP contribution >= 0.6 is 39.1 Å². The van der Waals surface area contributed by atoms with Gasteiger partial charge in [-0.15, -0.1) is 0 Å². The Morgan fingerprint density at radius 2 is 1.83 bits per heavy atom. The Balaban J connectivity index is 2.20. The molecule has 0 heterocycles. The van der Waals surface area contributed by atoms with E-state index in [1.54, 1.807) is 0 Å². The molecule has 2 atom stereocenters. The zero-order valence-corrected chi connectivity index (χ0v) is 13.6. The van der Waals surface area contributed by atoms with Crippen LogP contribution in [0.3, 0.4) is 0 Å². The minimum absolute atomic E-state index is 0.189. The van der Waals surface area contributed by atoms with Gasteiger partial charge in [-0.25, -0.2) is 0 Å². The van der Waals surface area contributed by atoms with Crippen LogP contribution < -0.4 is 4.74 Å². The van der Waals surface area contributed by atoms with E-state index in [1.807, 2.05) is 18.2 Å².